The van der Waals surface area contributed by atoms with Crippen LogP contribution in [0.25, 0.3) is 6.08 Å². The van der Waals surface area contributed by atoms with Crippen LogP contribution in [0, 0.1) is 0 Å². The van der Waals surface area contributed by atoms with E-state index in [1.807, 2.05) is 25.3 Å². The van der Waals surface area contributed by atoms with Crippen LogP contribution in [0.5, 0.6) is 17.2 Å². The van der Waals surface area contributed by atoms with Gasteiger partial charge in [-0.3, -0.25) is 0 Å². The van der Waals surface area contributed by atoms with E-state index in [1.54, 1.807) is 27.5 Å². The molecule has 0 atom stereocenters. The molecule has 1 aromatic heterocycles. The van der Waals surface area contributed by atoms with Crippen LogP contribution in [0.1, 0.15) is 5.56 Å². The lowest BCUT2D eigenvalue weighted by Crippen LogP contribution is -2.22. The van der Waals surface area contributed by atoms with Gasteiger partial charge in [0.2, 0.25) is 11.7 Å². The maximum Gasteiger partial charge on any atom is 0.229 e. The fourth-order valence-corrected chi connectivity index (χ4v) is 2.57. The van der Waals surface area contributed by atoms with Gasteiger partial charge in [-0.25, -0.2) is 4.98 Å². The number of nitrogens with zero attached hydrogens (tertiary/aromatic N) is 3. The molecule has 0 amide bonds. The maximum absolute atomic E-state index is 5.36. The molecule has 2 heterocycles. The lowest BCUT2D eigenvalue weighted by molar-refractivity contribution is 0.324. The molecule has 0 fully saturated rings. The summed E-state index contributed by atoms with van der Waals surface area (Å²) in [6, 6.07) is 3.63. The molecule has 1 aliphatic rings. The second-order valence-corrected chi connectivity index (χ2v) is 5.29. The van der Waals surface area contributed by atoms with E-state index in [0.29, 0.717) is 23.2 Å². The van der Waals surface area contributed by atoms with Crippen molar-refractivity contribution in [2.75, 3.05) is 45.1 Å². The Morgan fingerprint density at radius 2 is 1.79 bits per heavy atom. The predicted octanol–water partition coefficient (Wildman–Crippen LogP) is 2.71. The minimum absolute atomic E-state index is 0.505. The summed E-state index contributed by atoms with van der Waals surface area (Å²) in [5.41, 5.74) is 1.75. The molecular weight excluding hydrogens is 308 g/mol. The maximum atomic E-state index is 5.36. The van der Waals surface area contributed by atoms with Crippen molar-refractivity contribution in [3.05, 3.63) is 30.0 Å². The van der Waals surface area contributed by atoms with Crippen molar-refractivity contribution in [3.63, 3.8) is 0 Å². The topological polar surface area (TPSA) is 68.7 Å². The molecule has 0 bridgehead atoms. The molecule has 0 saturated carbocycles. The third-order valence-corrected chi connectivity index (χ3v) is 3.76. The van der Waals surface area contributed by atoms with Crippen molar-refractivity contribution in [2.45, 2.75) is 0 Å². The molecule has 0 saturated heterocycles. The monoisotopic (exact) mass is 328 g/mol. The number of methoxy groups -OCH3 is 3. The average molecular weight is 328 g/mol. The van der Waals surface area contributed by atoms with Gasteiger partial charge in [-0.05, 0) is 0 Å². The number of ether oxygens (including phenoxy) is 3. The number of aromatic nitrogens is 2. The number of likely N-dealkylation sites (N-methyl/N-ethyl adjacent to an activating group) is 1. The molecule has 0 unspecified atom stereocenters. The number of anilines is 3. The van der Waals surface area contributed by atoms with Crippen LogP contribution in [-0.4, -0.2) is 44.9 Å². The number of hydrogen-bond donors (Lipinski definition) is 1. The van der Waals surface area contributed by atoms with Crippen LogP contribution in [0.3, 0.4) is 0 Å². The van der Waals surface area contributed by atoms with E-state index in [-0.39, 0.29) is 0 Å². The summed E-state index contributed by atoms with van der Waals surface area (Å²) in [5.74, 6) is 3.07. The Balaban J connectivity index is 1.94. The Morgan fingerprint density at radius 1 is 1.08 bits per heavy atom. The first-order valence-corrected chi connectivity index (χ1v) is 7.48. The SMILES string of the molecule is COc1cc(Nc2ncc3c(n2)N(C)CC=C3)cc(OC)c1OC. The van der Waals surface area contributed by atoms with Gasteiger partial charge in [-0.1, -0.05) is 12.2 Å². The van der Waals surface area contributed by atoms with Crippen LogP contribution in [0.4, 0.5) is 17.5 Å². The smallest absolute Gasteiger partial charge is 0.229 e. The number of benzene rings is 1. The first kappa shape index (κ1) is 15.9. The summed E-state index contributed by atoms with van der Waals surface area (Å²) in [5, 5.41) is 3.19. The Kier molecular flexibility index (Phi) is 4.41. The third-order valence-electron chi connectivity index (χ3n) is 3.76. The van der Waals surface area contributed by atoms with Gasteiger partial charge in [0.25, 0.3) is 0 Å². The van der Waals surface area contributed by atoms with E-state index in [2.05, 4.69) is 26.3 Å². The van der Waals surface area contributed by atoms with E-state index in [1.165, 1.54) is 0 Å². The molecule has 1 aliphatic heterocycles. The number of nitrogens with one attached hydrogen (secondary N) is 1. The fourth-order valence-electron chi connectivity index (χ4n) is 2.57. The van der Waals surface area contributed by atoms with Gasteiger partial charge >= 0.3 is 0 Å². The van der Waals surface area contributed by atoms with Gasteiger partial charge in [0.1, 0.15) is 5.82 Å². The highest BCUT2D eigenvalue weighted by atomic mass is 16.5. The first-order chi connectivity index (χ1) is 11.7. The number of rotatable bonds is 5. The standard InChI is InChI=1S/C17H20N4O3/c1-21-7-5-6-11-10-18-17(20-16(11)21)19-12-8-13(22-2)15(24-4)14(9-12)23-3/h5-6,8-10H,7H2,1-4H3,(H,18,19,20). The van der Waals surface area contributed by atoms with E-state index in [4.69, 9.17) is 14.2 Å². The second-order valence-electron chi connectivity index (χ2n) is 5.29. The van der Waals surface area contributed by atoms with Gasteiger partial charge < -0.3 is 24.4 Å². The molecule has 0 radical (unpaired) electrons. The van der Waals surface area contributed by atoms with Crippen LogP contribution < -0.4 is 24.4 Å². The van der Waals surface area contributed by atoms with Crippen molar-refractivity contribution in [2.24, 2.45) is 0 Å². The summed E-state index contributed by atoms with van der Waals surface area (Å²) >= 11 is 0. The van der Waals surface area contributed by atoms with Gasteiger partial charge in [0.15, 0.2) is 11.5 Å². The van der Waals surface area contributed by atoms with Crippen LogP contribution in [-0.2, 0) is 0 Å². The summed E-state index contributed by atoms with van der Waals surface area (Å²) in [6.07, 6.45) is 5.91. The zero-order valence-corrected chi connectivity index (χ0v) is 14.2. The van der Waals surface area contributed by atoms with Gasteiger partial charge in [-0.2, -0.15) is 4.98 Å². The van der Waals surface area contributed by atoms with Crippen LogP contribution >= 0.6 is 0 Å². The normalized spacial score (nSPS) is 12.6. The van der Waals surface area contributed by atoms with Crippen LogP contribution in [0.15, 0.2) is 24.4 Å². The van der Waals surface area contributed by atoms with E-state index in [9.17, 15) is 0 Å². The molecular formula is C17H20N4O3. The number of fused-ring (bicyclic) bond motifs is 1. The molecule has 3 rings (SSSR count). The Hall–Kier alpha value is -2.96. The number of hydrogen-bond acceptors (Lipinski definition) is 7. The Morgan fingerprint density at radius 3 is 2.42 bits per heavy atom. The third kappa shape index (κ3) is 2.92. The van der Waals surface area contributed by atoms with Crippen molar-refractivity contribution >= 4 is 23.5 Å². The molecule has 1 aromatic carbocycles. The quantitative estimate of drug-likeness (QED) is 0.905. The van der Waals surface area contributed by atoms with Crippen molar-refractivity contribution in [1.29, 1.82) is 0 Å². The highest BCUT2D eigenvalue weighted by molar-refractivity contribution is 5.70. The summed E-state index contributed by atoms with van der Waals surface area (Å²) < 4.78 is 16.1. The van der Waals surface area contributed by atoms with Crippen molar-refractivity contribution < 1.29 is 14.2 Å². The van der Waals surface area contributed by atoms with E-state index in [0.717, 1.165) is 23.6 Å². The summed E-state index contributed by atoms with van der Waals surface area (Å²) in [4.78, 5) is 11.0. The van der Waals surface area contributed by atoms with Crippen molar-refractivity contribution in [1.82, 2.24) is 9.97 Å². The highest BCUT2D eigenvalue weighted by Gasteiger charge is 2.16. The van der Waals surface area contributed by atoms with Crippen LogP contribution in [0.2, 0.25) is 0 Å². The lowest BCUT2D eigenvalue weighted by Gasteiger charge is -2.22. The molecule has 2 aromatic rings. The second kappa shape index (κ2) is 6.66. The highest BCUT2D eigenvalue weighted by Crippen LogP contribution is 2.40. The fraction of sp³-hybridized carbons (Fsp3) is 0.294. The molecule has 24 heavy (non-hydrogen) atoms. The van der Waals surface area contributed by atoms with Gasteiger partial charge in [-0.15, -0.1) is 0 Å². The minimum atomic E-state index is 0.505. The first-order valence-electron chi connectivity index (χ1n) is 7.48. The summed E-state index contributed by atoms with van der Waals surface area (Å²) in [7, 11) is 6.73. The van der Waals surface area contributed by atoms with E-state index >= 15 is 0 Å². The van der Waals surface area contributed by atoms with Crippen molar-refractivity contribution in [3.8, 4) is 17.2 Å². The zero-order valence-electron chi connectivity index (χ0n) is 14.2. The molecule has 0 spiro atoms. The molecule has 126 valence electrons. The lowest BCUT2D eigenvalue weighted by atomic mass is 10.2. The predicted molar refractivity (Wildman–Crippen MR) is 93.7 cm³/mol. The molecule has 7 heteroatoms. The molecule has 0 aliphatic carbocycles. The van der Waals surface area contributed by atoms with Gasteiger partial charge in [0.05, 0.1) is 21.3 Å². The Bertz CT molecular complexity index is 751. The molecule has 1 N–H and O–H groups in total. The summed E-state index contributed by atoms with van der Waals surface area (Å²) in [6.45, 7) is 0.827. The largest absolute Gasteiger partial charge is 0.493 e. The van der Waals surface area contributed by atoms with E-state index < -0.39 is 0 Å². The zero-order chi connectivity index (χ0) is 17.1. The average Bonchev–Trinajstić information content (AvgIpc) is 2.61. The van der Waals surface area contributed by atoms with Gasteiger partial charge in [0, 0.05) is 43.2 Å². The Labute approximate surface area is 140 Å². The molecule has 7 nitrogen and oxygen atoms in total. The minimum Gasteiger partial charge on any atom is -0.493 e.